The minimum absolute atomic E-state index is 0.182. The van der Waals surface area contributed by atoms with Gasteiger partial charge in [-0.05, 0) is 53.2 Å². The van der Waals surface area contributed by atoms with Crippen molar-refractivity contribution < 1.29 is 9.53 Å². The first-order chi connectivity index (χ1) is 13.0. The van der Waals surface area contributed by atoms with Gasteiger partial charge in [0.1, 0.15) is 5.75 Å². The molecule has 0 spiro atoms. The maximum Gasteiger partial charge on any atom is 0.274 e. The van der Waals surface area contributed by atoms with Gasteiger partial charge in [0.2, 0.25) is 0 Å². The van der Waals surface area contributed by atoms with E-state index in [1.165, 1.54) is 0 Å². The molecular formula is C18H19BrClN5O2. The molecule has 3 aromatic rings. The average molecular weight is 453 g/mol. The molecule has 0 aliphatic rings. The standard InChI is InChI=1S/C18H19BrClN5O2/c1-3-24-10-15(19)17(22-24)11-23(2)18(26)16-8-9-25(21-16)12-27-14-6-4-13(20)5-7-14/h4-10H,3,11-12H2,1-2H3. The number of rotatable bonds is 7. The first-order valence-corrected chi connectivity index (χ1v) is 9.52. The Balaban J connectivity index is 1.59. The third-order valence-corrected chi connectivity index (χ3v) is 4.80. The van der Waals surface area contributed by atoms with Crippen LogP contribution in [0.4, 0.5) is 0 Å². The summed E-state index contributed by atoms with van der Waals surface area (Å²) in [4.78, 5) is 14.2. The van der Waals surface area contributed by atoms with Crippen molar-refractivity contribution in [3.63, 3.8) is 0 Å². The van der Waals surface area contributed by atoms with Crippen molar-refractivity contribution >= 4 is 33.4 Å². The van der Waals surface area contributed by atoms with Crippen molar-refractivity contribution in [2.75, 3.05) is 7.05 Å². The fraction of sp³-hybridized carbons (Fsp3) is 0.278. The third-order valence-electron chi connectivity index (χ3n) is 3.88. The van der Waals surface area contributed by atoms with E-state index < -0.39 is 0 Å². The van der Waals surface area contributed by atoms with E-state index in [1.54, 1.807) is 53.2 Å². The van der Waals surface area contributed by atoms with Crippen LogP contribution in [-0.4, -0.2) is 37.4 Å². The number of aryl methyl sites for hydroxylation is 1. The number of hydrogen-bond donors (Lipinski definition) is 0. The number of amides is 1. The van der Waals surface area contributed by atoms with Crippen LogP contribution in [0.3, 0.4) is 0 Å². The molecule has 0 aliphatic carbocycles. The minimum Gasteiger partial charge on any atom is -0.471 e. The van der Waals surface area contributed by atoms with Crippen LogP contribution >= 0.6 is 27.5 Å². The van der Waals surface area contributed by atoms with E-state index in [0.29, 0.717) is 23.0 Å². The Morgan fingerprint density at radius 1 is 1.22 bits per heavy atom. The molecule has 0 unspecified atom stereocenters. The van der Waals surface area contributed by atoms with Crippen molar-refractivity contribution in [1.82, 2.24) is 24.5 Å². The van der Waals surface area contributed by atoms with Crippen molar-refractivity contribution in [2.45, 2.75) is 26.7 Å². The first-order valence-electron chi connectivity index (χ1n) is 8.35. The van der Waals surface area contributed by atoms with Crippen molar-refractivity contribution in [2.24, 2.45) is 0 Å². The molecule has 1 aromatic carbocycles. The van der Waals surface area contributed by atoms with E-state index in [-0.39, 0.29) is 12.6 Å². The Kier molecular flexibility index (Phi) is 6.18. The largest absolute Gasteiger partial charge is 0.471 e. The number of carbonyl (C=O) groups excluding carboxylic acids is 1. The van der Waals surface area contributed by atoms with Crippen LogP contribution in [0.25, 0.3) is 0 Å². The van der Waals surface area contributed by atoms with Gasteiger partial charge in [-0.3, -0.25) is 9.48 Å². The molecule has 27 heavy (non-hydrogen) atoms. The number of halogens is 2. The Morgan fingerprint density at radius 2 is 1.96 bits per heavy atom. The summed E-state index contributed by atoms with van der Waals surface area (Å²) in [5.41, 5.74) is 1.15. The fourth-order valence-electron chi connectivity index (χ4n) is 2.42. The predicted octanol–water partition coefficient (Wildman–Crippen LogP) is 3.82. The summed E-state index contributed by atoms with van der Waals surface area (Å²) in [5.74, 6) is 0.495. The molecule has 0 N–H and O–H groups in total. The van der Waals surface area contributed by atoms with E-state index in [9.17, 15) is 4.79 Å². The lowest BCUT2D eigenvalue weighted by molar-refractivity contribution is 0.0775. The van der Waals surface area contributed by atoms with E-state index in [4.69, 9.17) is 16.3 Å². The highest BCUT2D eigenvalue weighted by atomic mass is 79.9. The summed E-state index contributed by atoms with van der Waals surface area (Å²) in [7, 11) is 1.73. The molecule has 1 amide bonds. The quantitative estimate of drug-likeness (QED) is 0.546. The van der Waals surface area contributed by atoms with Gasteiger partial charge in [-0.15, -0.1) is 0 Å². The summed E-state index contributed by atoms with van der Waals surface area (Å²) >= 11 is 9.33. The van der Waals surface area contributed by atoms with E-state index in [1.807, 2.05) is 17.8 Å². The van der Waals surface area contributed by atoms with Crippen molar-refractivity contribution in [3.8, 4) is 5.75 Å². The minimum atomic E-state index is -0.182. The van der Waals surface area contributed by atoms with Crippen LogP contribution < -0.4 is 4.74 Å². The van der Waals surface area contributed by atoms with E-state index in [0.717, 1.165) is 16.7 Å². The number of hydrogen-bond acceptors (Lipinski definition) is 4. The smallest absolute Gasteiger partial charge is 0.274 e. The fourth-order valence-corrected chi connectivity index (χ4v) is 2.98. The van der Waals surface area contributed by atoms with Gasteiger partial charge in [-0.2, -0.15) is 10.2 Å². The molecule has 2 heterocycles. The lowest BCUT2D eigenvalue weighted by atomic mass is 10.3. The number of nitrogens with zero attached hydrogens (tertiary/aromatic N) is 5. The van der Waals surface area contributed by atoms with Crippen LogP contribution in [0.2, 0.25) is 5.02 Å². The number of ether oxygens (including phenoxy) is 1. The molecule has 2 aromatic heterocycles. The van der Waals surface area contributed by atoms with Crippen LogP contribution in [0.1, 0.15) is 23.1 Å². The summed E-state index contributed by atoms with van der Waals surface area (Å²) in [6.07, 6.45) is 3.61. The Morgan fingerprint density at radius 3 is 2.63 bits per heavy atom. The van der Waals surface area contributed by atoms with Crippen molar-refractivity contribution in [1.29, 1.82) is 0 Å². The van der Waals surface area contributed by atoms with Gasteiger partial charge in [-0.25, -0.2) is 4.68 Å². The summed E-state index contributed by atoms with van der Waals surface area (Å²) in [6.45, 7) is 3.37. The highest BCUT2D eigenvalue weighted by Gasteiger charge is 2.18. The first kappa shape index (κ1) is 19.4. The van der Waals surface area contributed by atoms with Crippen LogP contribution in [0, 0.1) is 0 Å². The molecule has 9 heteroatoms. The lowest BCUT2D eigenvalue weighted by Gasteiger charge is -2.14. The SMILES string of the molecule is CCn1cc(Br)c(CN(C)C(=O)c2ccn(COc3ccc(Cl)cc3)n2)n1. The molecule has 0 saturated heterocycles. The molecule has 0 aliphatic heterocycles. The van der Waals surface area contributed by atoms with E-state index >= 15 is 0 Å². The van der Waals surface area contributed by atoms with Gasteiger partial charge in [0.15, 0.2) is 12.4 Å². The zero-order valence-corrected chi connectivity index (χ0v) is 17.3. The molecule has 0 bridgehead atoms. The highest BCUT2D eigenvalue weighted by molar-refractivity contribution is 9.10. The second-order valence-electron chi connectivity index (χ2n) is 5.91. The van der Waals surface area contributed by atoms with Crippen molar-refractivity contribution in [3.05, 3.63) is 63.6 Å². The second kappa shape index (κ2) is 8.58. The molecular weight excluding hydrogens is 434 g/mol. The van der Waals surface area contributed by atoms with Gasteiger partial charge in [0, 0.05) is 31.0 Å². The van der Waals surface area contributed by atoms with Gasteiger partial charge >= 0.3 is 0 Å². The predicted molar refractivity (Wildman–Crippen MR) is 106 cm³/mol. The number of benzene rings is 1. The Bertz CT molecular complexity index is 922. The third kappa shape index (κ3) is 4.90. The molecule has 7 nitrogen and oxygen atoms in total. The maximum atomic E-state index is 12.6. The summed E-state index contributed by atoms with van der Waals surface area (Å²) in [5, 5.41) is 9.37. The highest BCUT2D eigenvalue weighted by Crippen LogP contribution is 2.18. The molecule has 142 valence electrons. The van der Waals surface area contributed by atoms with Crippen LogP contribution in [0.5, 0.6) is 5.75 Å². The molecule has 0 fully saturated rings. The molecule has 3 rings (SSSR count). The molecule has 0 radical (unpaired) electrons. The van der Waals surface area contributed by atoms with Crippen LogP contribution in [0.15, 0.2) is 47.2 Å². The Hall–Kier alpha value is -2.32. The monoisotopic (exact) mass is 451 g/mol. The molecule has 0 atom stereocenters. The van der Waals surface area contributed by atoms with Gasteiger partial charge in [0.25, 0.3) is 5.91 Å². The number of carbonyl (C=O) groups is 1. The topological polar surface area (TPSA) is 65.2 Å². The molecule has 0 saturated carbocycles. The van der Waals surface area contributed by atoms with Gasteiger partial charge in [0.05, 0.1) is 16.7 Å². The van der Waals surface area contributed by atoms with Gasteiger partial charge < -0.3 is 9.64 Å². The zero-order chi connectivity index (χ0) is 19.4. The lowest BCUT2D eigenvalue weighted by Crippen LogP contribution is -2.27. The maximum absolute atomic E-state index is 12.6. The Labute approximate surface area is 170 Å². The van der Waals surface area contributed by atoms with E-state index in [2.05, 4.69) is 26.1 Å². The average Bonchev–Trinajstić information content (AvgIpc) is 3.27. The van der Waals surface area contributed by atoms with Gasteiger partial charge in [-0.1, -0.05) is 11.6 Å². The number of aromatic nitrogens is 4. The summed E-state index contributed by atoms with van der Waals surface area (Å²) in [6, 6.07) is 8.73. The second-order valence-corrected chi connectivity index (χ2v) is 7.20. The zero-order valence-electron chi connectivity index (χ0n) is 15.0. The summed E-state index contributed by atoms with van der Waals surface area (Å²) < 4.78 is 9.89. The van der Waals surface area contributed by atoms with Crippen LogP contribution in [-0.2, 0) is 19.8 Å². The normalized spacial score (nSPS) is 10.8.